The standard InChI is InChI=1S/C15H21ClN2O5S/c1-3-23-15(19)18-8-6-12(7-9-18)17-24(20,21)14-10-11(16)4-5-13(14)22-2/h4-5,10,12,17H,3,6-9H2,1-2H3. The minimum atomic E-state index is -3.77. The van der Waals surface area contributed by atoms with Crippen LogP contribution in [0.25, 0.3) is 0 Å². The van der Waals surface area contributed by atoms with Crippen LogP contribution >= 0.6 is 11.6 Å². The molecule has 1 fully saturated rings. The fourth-order valence-electron chi connectivity index (χ4n) is 2.54. The average Bonchev–Trinajstić information content (AvgIpc) is 2.55. The minimum absolute atomic E-state index is 0.00493. The number of amides is 1. The number of methoxy groups -OCH3 is 1. The zero-order chi connectivity index (χ0) is 17.7. The van der Waals surface area contributed by atoms with Gasteiger partial charge in [0.2, 0.25) is 10.0 Å². The van der Waals surface area contributed by atoms with E-state index in [1.54, 1.807) is 17.9 Å². The summed E-state index contributed by atoms with van der Waals surface area (Å²) in [6.45, 7) is 2.95. The van der Waals surface area contributed by atoms with E-state index in [2.05, 4.69) is 4.72 Å². The summed E-state index contributed by atoms with van der Waals surface area (Å²) in [5.74, 6) is 0.232. The molecule has 0 aromatic heterocycles. The number of carbonyl (C=O) groups excluding carboxylic acids is 1. The molecule has 0 unspecified atom stereocenters. The summed E-state index contributed by atoms with van der Waals surface area (Å²) in [6.07, 6.45) is 0.664. The van der Waals surface area contributed by atoms with E-state index < -0.39 is 10.0 Å². The molecule has 1 heterocycles. The average molecular weight is 377 g/mol. The van der Waals surface area contributed by atoms with Gasteiger partial charge in [-0.1, -0.05) is 11.6 Å². The maximum absolute atomic E-state index is 12.6. The topological polar surface area (TPSA) is 84.9 Å². The Balaban J connectivity index is 2.04. The van der Waals surface area contributed by atoms with Gasteiger partial charge in [0, 0.05) is 24.2 Å². The number of benzene rings is 1. The second-order valence-electron chi connectivity index (χ2n) is 5.38. The van der Waals surface area contributed by atoms with Gasteiger partial charge in [0.15, 0.2) is 0 Å². The van der Waals surface area contributed by atoms with Crippen molar-refractivity contribution in [1.29, 1.82) is 0 Å². The largest absolute Gasteiger partial charge is 0.495 e. The van der Waals surface area contributed by atoms with Crippen LogP contribution in [0.2, 0.25) is 5.02 Å². The highest BCUT2D eigenvalue weighted by Crippen LogP contribution is 2.27. The van der Waals surface area contributed by atoms with Crippen molar-refractivity contribution in [1.82, 2.24) is 9.62 Å². The van der Waals surface area contributed by atoms with Crippen LogP contribution in [0, 0.1) is 0 Å². The quantitative estimate of drug-likeness (QED) is 0.851. The molecular weight excluding hydrogens is 356 g/mol. The first kappa shape index (κ1) is 18.8. The number of hydrogen-bond acceptors (Lipinski definition) is 5. The molecule has 1 aromatic rings. The van der Waals surface area contributed by atoms with E-state index in [1.165, 1.54) is 19.2 Å². The van der Waals surface area contributed by atoms with Crippen molar-refractivity contribution < 1.29 is 22.7 Å². The number of piperidine rings is 1. The number of ether oxygens (including phenoxy) is 2. The highest BCUT2D eigenvalue weighted by Gasteiger charge is 2.28. The summed E-state index contributed by atoms with van der Waals surface area (Å²) in [5, 5.41) is 0.313. The van der Waals surface area contributed by atoms with Crippen LogP contribution in [0.5, 0.6) is 5.75 Å². The second-order valence-corrected chi connectivity index (χ2v) is 7.50. The van der Waals surface area contributed by atoms with E-state index in [9.17, 15) is 13.2 Å². The van der Waals surface area contributed by atoms with Crippen molar-refractivity contribution in [3.63, 3.8) is 0 Å². The molecule has 0 saturated carbocycles. The van der Waals surface area contributed by atoms with Crippen molar-refractivity contribution >= 4 is 27.7 Å². The highest BCUT2D eigenvalue weighted by molar-refractivity contribution is 7.89. The molecule has 0 spiro atoms. The van der Waals surface area contributed by atoms with Crippen LogP contribution < -0.4 is 9.46 Å². The molecular formula is C15H21ClN2O5S. The van der Waals surface area contributed by atoms with Gasteiger partial charge in [0.25, 0.3) is 0 Å². The predicted octanol–water partition coefficient (Wildman–Crippen LogP) is 2.25. The molecule has 0 bridgehead atoms. The minimum Gasteiger partial charge on any atom is -0.495 e. The van der Waals surface area contributed by atoms with Crippen LogP contribution in [-0.4, -0.2) is 52.3 Å². The molecule has 0 atom stereocenters. The smallest absolute Gasteiger partial charge is 0.409 e. The number of rotatable bonds is 5. The Bertz CT molecular complexity index is 687. The number of likely N-dealkylation sites (tertiary alicyclic amines) is 1. The first-order chi connectivity index (χ1) is 11.4. The van der Waals surface area contributed by atoms with Crippen molar-refractivity contribution in [3.05, 3.63) is 23.2 Å². The second kappa shape index (κ2) is 8.04. The zero-order valence-corrected chi connectivity index (χ0v) is 15.2. The summed E-state index contributed by atoms with van der Waals surface area (Å²) in [4.78, 5) is 13.2. The van der Waals surface area contributed by atoms with Gasteiger partial charge in [0.1, 0.15) is 10.6 Å². The lowest BCUT2D eigenvalue weighted by molar-refractivity contribution is 0.0966. The third-order valence-corrected chi connectivity index (χ3v) is 5.53. The lowest BCUT2D eigenvalue weighted by atomic mass is 10.1. The summed E-state index contributed by atoms with van der Waals surface area (Å²) in [5.41, 5.74) is 0. The third kappa shape index (κ3) is 4.52. The van der Waals surface area contributed by atoms with Crippen molar-refractivity contribution in [2.45, 2.75) is 30.7 Å². The SMILES string of the molecule is CCOC(=O)N1CCC(NS(=O)(=O)c2cc(Cl)ccc2OC)CC1. The molecule has 9 heteroatoms. The lowest BCUT2D eigenvalue weighted by Crippen LogP contribution is -2.46. The predicted molar refractivity (Wildman–Crippen MR) is 89.9 cm³/mol. The molecule has 0 aliphatic carbocycles. The molecule has 2 rings (SSSR count). The van der Waals surface area contributed by atoms with Crippen LogP contribution in [0.4, 0.5) is 4.79 Å². The first-order valence-electron chi connectivity index (χ1n) is 7.65. The van der Waals surface area contributed by atoms with Crippen molar-refractivity contribution in [3.8, 4) is 5.75 Å². The number of nitrogens with zero attached hydrogens (tertiary/aromatic N) is 1. The van der Waals surface area contributed by atoms with E-state index in [0.717, 1.165) is 0 Å². The number of nitrogens with one attached hydrogen (secondary N) is 1. The molecule has 1 amide bonds. The van der Waals surface area contributed by atoms with Gasteiger partial charge in [-0.3, -0.25) is 0 Å². The zero-order valence-electron chi connectivity index (χ0n) is 13.6. The van der Waals surface area contributed by atoms with Crippen molar-refractivity contribution in [2.24, 2.45) is 0 Å². The molecule has 7 nitrogen and oxygen atoms in total. The van der Waals surface area contributed by atoms with Crippen LogP contribution in [0.15, 0.2) is 23.1 Å². The number of halogens is 1. The Morgan fingerprint density at radius 1 is 1.38 bits per heavy atom. The van der Waals surface area contributed by atoms with Gasteiger partial charge >= 0.3 is 6.09 Å². The first-order valence-corrected chi connectivity index (χ1v) is 9.51. The van der Waals surface area contributed by atoms with Crippen LogP contribution in [0.3, 0.4) is 0 Å². The summed E-state index contributed by atoms with van der Waals surface area (Å²) in [7, 11) is -2.36. The van der Waals surface area contributed by atoms with Gasteiger partial charge in [-0.15, -0.1) is 0 Å². The molecule has 1 aliphatic heterocycles. The number of sulfonamides is 1. The normalized spacial score (nSPS) is 16.0. The van der Waals surface area contributed by atoms with E-state index in [0.29, 0.717) is 37.6 Å². The lowest BCUT2D eigenvalue weighted by Gasteiger charge is -2.31. The molecule has 1 saturated heterocycles. The Morgan fingerprint density at radius 2 is 2.04 bits per heavy atom. The van der Waals surface area contributed by atoms with E-state index >= 15 is 0 Å². The Kier molecular flexibility index (Phi) is 6.31. The van der Waals surface area contributed by atoms with E-state index in [4.69, 9.17) is 21.1 Å². The Morgan fingerprint density at radius 3 is 2.62 bits per heavy atom. The molecule has 1 aliphatic rings. The van der Waals surface area contributed by atoms with Gasteiger partial charge in [-0.25, -0.2) is 17.9 Å². The van der Waals surface area contributed by atoms with Gasteiger partial charge in [-0.2, -0.15) is 0 Å². The maximum Gasteiger partial charge on any atom is 0.409 e. The van der Waals surface area contributed by atoms with Crippen LogP contribution in [-0.2, 0) is 14.8 Å². The monoisotopic (exact) mass is 376 g/mol. The van der Waals surface area contributed by atoms with Gasteiger partial charge in [0.05, 0.1) is 13.7 Å². The van der Waals surface area contributed by atoms with E-state index in [1.807, 2.05) is 0 Å². The summed E-state index contributed by atoms with van der Waals surface area (Å²) in [6, 6.07) is 4.18. The third-order valence-electron chi connectivity index (χ3n) is 3.76. The molecule has 1 aromatic carbocycles. The Hall–Kier alpha value is -1.51. The number of hydrogen-bond donors (Lipinski definition) is 1. The highest BCUT2D eigenvalue weighted by atomic mass is 35.5. The molecule has 1 N–H and O–H groups in total. The number of carbonyl (C=O) groups is 1. The van der Waals surface area contributed by atoms with Crippen LogP contribution in [0.1, 0.15) is 19.8 Å². The van der Waals surface area contributed by atoms with Gasteiger partial charge in [-0.05, 0) is 38.0 Å². The fraction of sp³-hybridized carbons (Fsp3) is 0.533. The molecule has 134 valence electrons. The molecule has 24 heavy (non-hydrogen) atoms. The summed E-state index contributed by atoms with van der Waals surface area (Å²) >= 11 is 5.90. The van der Waals surface area contributed by atoms with Crippen molar-refractivity contribution in [2.75, 3.05) is 26.8 Å². The van der Waals surface area contributed by atoms with E-state index in [-0.39, 0.29) is 22.8 Å². The maximum atomic E-state index is 12.6. The van der Waals surface area contributed by atoms with Gasteiger partial charge < -0.3 is 14.4 Å². The molecule has 0 radical (unpaired) electrons. The Labute approximate surface area is 146 Å². The summed E-state index contributed by atoms with van der Waals surface area (Å²) < 4.78 is 37.9. The fourth-order valence-corrected chi connectivity index (χ4v) is 4.27.